The summed E-state index contributed by atoms with van der Waals surface area (Å²) in [5.41, 5.74) is 0.932. The number of nitrogens with zero attached hydrogens (tertiary/aromatic N) is 2. The molecule has 0 bridgehead atoms. The summed E-state index contributed by atoms with van der Waals surface area (Å²) in [5.74, 6) is -0.0360. The quantitative estimate of drug-likeness (QED) is 0.360. The van der Waals surface area contributed by atoms with Crippen molar-refractivity contribution < 1.29 is 27.2 Å². The van der Waals surface area contributed by atoms with Crippen LogP contribution < -0.4 is 10.5 Å². The van der Waals surface area contributed by atoms with E-state index in [2.05, 4.69) is 19.6 Å². The summed E-state index contributed by atoms with van der Waals surface area (Å²) in [6.45, 7) is 0.364. The average Bonchev–Trinajstić information content (AvgIpc) is 3.38. The van der Waals surface area contributed by atoms with Crippen molar-refractivity contribution >= 4 is 22.9 Å². The molecule has 12 heteroatoms. The Morgan fingerprint density at radius 3 is 2.52 bits per heavy atom. The van der Waals surface area contributed by atoms with Gasteiger partial charge in [-0.05, 0) is 30.3 Å². The van der Waals surface area contributed by atoms with Crippen LogP contribution in [0.5, 0.6) is 5.75 Å². The molecule has 0 saturated heterocycles. The second kappa shape index (κ2) is 9.38. The second-order valence-electron chi connectivity index (χ2n) is 6.77. The number of hydrogen-bond acceptors (Lipinski definition) is 7. The molecule has 0 spiro atoms. The maximum atomic E-state index is 12.8. The van der Waals surface area contributed by atoms with Crippen molar-refractivity contribution in [3.05, 3.63) is 74.2 Å². The molecule has 1 N–H and O–H groups in total. The Labute approximate surface area is 193 Å². The monoisotopic (exact) mass is 497 g/mol. The molecular weight excluding hydrogens is 483 g/mol. The van der Waals surface area contributed by atoms with Crippen molar-refractivity contribution in [1.29, 1.82) is 0 Å². The molecule has 0 saturated carbocycles. The number of nitrogens with one attached hydrogen (secondary N) is 1. The highest BCUT2D eigenvalue weighted by Crippen LogP contribution is 2.34. The molecule has 4 rings (SSSR count). The van der Waals surface area contributed by atoms with Crippen molar-refractivity contribution in [2.75, 3.05) is 7.11 Å². The van der Waals surface area contributed by atoms with E-state index in [1.807, 2.05) is 0 Å². The van der Waals surface area contributed by atoms with Crippen LogP contribution in [0.15, 0.2) is 51.8 Å². The molecule has 0 fully saturated rings. The van der Waals surface area contributed by atoms with Gasteiger partial charge in [0.15, 0.2) is 5.82 Å². The molecule has 2 aromatic heterocycles. The number of hydrogen-bond donors (Lipinski definition) is 1. The fraction of sp³-hybridized carbons (Fsp3) is 0.190. The summed E-state index contributed by atoms with van der Waals surface area (Å²) < 4.78 is 54.0. The van der Waals surface area contributed by atoms with Gasteiger partial charge in [-0.1, -0.05) is 28.9 Å². The second-order valence-corrected chi connectivity index (χ2v) is 8.26. The summed E-state index contributed by atoms with van der Waals surface area (Å²) in [7, 11) is 1.52. The fourth-order valence-electron chi connectivity index (χ4n) is 2.94. The lowest BCUT2D eigenvalue weighted by molar-refractivity contribution is -0.137. The third kappa shape index (κ3) is 5.27. The van der Waals surface area contributed by atoms with E-state index < -0.39 is 17.5 Å². The zero-order valence-electron chi connectivity index (χ0n) is 16.9. The number of ether oxygens (including phenoxy) is 2. The molecule has 2 aromatic carbocycles. The molecule has 4 aromatic rings. The molecule has 0 unspecified atom stereocenters. The molecule has 0 aliphatic heterocycles. The van der Waals surface area contributed by atoms with Gasteiger partial charge < -0.3 is 9.47 Å². The summed E-state index contributed by atoms with van der Waals surface area (Å²) in [4.78, 5) is 18.8. The number of aromatic nitrogens is 3. The molecule has 0 amide bonds. The third-order valence-corrected chi connectivity index (χ3v) is 5.96. The first kappa shape index (κ1) is 23.0. The molecule has 0 aliphatic carbocycles. The van der Waals surface area contributed by atoms with Crippen LogP contribution in [0.1, 0.15) is 16.1 Å². The first-order chi connectivity index (χ1) is 15.7. The number of halogens is 4. The van der Waals surface area contributed by atoms with E-state index in [0.717, 1.165) is 17.0 Å². The van der Waals surface area contributed by atoms with Gasteiger partial charge in [0.1, 0.15) is 17.4 Å². The Hall–Kier alpha value is -3.15. The molecule has 0 aliphatic rings. The van der Waals surface area contributed by atoms with Crippen LogP contribution in [0.25, 0.3) is 22.0 Å². The van der Waals surface area contributed by atoms with Gasteiger partial charge in [0, 0.05) is 18.2 Å². The molecule has 0 atom stereocenters. The molecular formula is C21H15ClF3N3O4S. The Bertz CT molecular complexity index is 1320. The highest BCUT2D eigenvalue weighted by Gasteiger charge is 2.30. The minimum absolute atomic E-state index is 0.146. The average molecular weight is 498 g/mol. The maximum absolute atomic E-state index is 12.8. The van der Waals surface area contributed by atoms with Gasteiger partial charge in [0.2, 0.25) is 0 Å². The minimum Gasteiger partial charge on any atom is -0.488 e. The van der Waals surface area contributed by atoms with Crippen molar-refractivity contribution in [1.82, 2.24) is 15.1 Å². The van der Waals surface area contributed by atoms with E-state index in [1.54, 1.807) is 18.2 Å². The van der Waals surface area contributed by atoms with Crippen LogP contribution in [-0.2, 0) is 24.1 Å². The normalized spacial score (nSPS) is 11.7. The van der Waals surface area contributed by atoms with Crippen LogP contribution in [0.2, 0.25) is 5.02 Å². The largest absolute Gasteiger partial charge is 0.488 e. The molecule has 0 radical (unpaired) electrons. The van der Waals surface area contributed by atoms with E-state index in [9.17, 15) is 18.0 Å². The SMILES string of the molecule is COCc1nc(-c2ccc(C(F)(F)F)cc2)sc1COc1ccc(-c2noc(=O)[nH]2)c(Cl)c1. The van der Waals surface area contributed by atoms with Crippen molar-refractivity contribution in [2.24, 2.45) is 0 Å². The lowest BCUT2D eigenvalue weighted by atomic mass is 10.1. The number of methoxy groups -OCH3 is 1. The van der Waals surface area contributed by atoms with E-state index in [1.165, 1.54) is 30.6 Å². The predicted molar refractivity (Wildman–Crippen MR) is 115 cm³/mol. The van der Waals surface area contributed by atoms with Crippen molar-refractivity contribution in [2.45, 2.75) is 19.4 Å². The van der Waals surface area contributed by atoms with Gasteiger partial charge in [-0.2, -0.15) is 13.2 Å². The number of aromatic amines is 1. The number of alkyl halides is 3. The number of H-pyrrole nitrogens is 1. The summed E-state index contributed by atoms with van der Waals surface area (Å²) in [6, 6.07) is 9.66. The first-order valence-corrected chi connectivity index (χ1v) is 10.6. The Morgan fingerprint density at radius 2 is 1.91 bits per heavy atom. The predicted octanol–water partition coefficient (Wildman–Crippen LogP) is 5.55. The number of thiazole rings is 1. The number of benzene rings is 2. The van der Waals surface area contributed by atoms with Crippen molar-refractivity contribution in [3.63, 3.8) is 0 Å². The first-order valence-electron chi connectivity index (χ1n) is 9.38. The van der Waals surface area contributed by atoms with Crippen LogP contribution >= 0.6 is 22.9 Å². The topological polar surface area (TPSA) is 90.2 Å². The molecule has 2 heterocycles. The van der Waals surface area contributed by atoms with Gasteiger partial charge in [0.05, 0.1) is 27.8 Å². The van der Waals surface area contributed by atoms with Gasteiger partial charge in [0.25, 0.3) is 0 Å². The summed E-state index contributed by atoms with van der Waals surface area (Å²) in [6.07, 6.45) is -4.40. The van der Waals surface area contributed by atoms with Crippen LogP contribution in [-0.4, -0.2) is 22.2 Å². The highest BCUT2D eigenvalue weighted by atomic mass is 35.5. The Morgan fingerprint density at radius 1 is 1.15 bits per heavy atom. The van der Waals surface area contributed by atoms with E-state index >= 15 is 0 Å². The van der Waals surface area contributed by atoms with Crippen LogP contribution in [0.4, 0.5) is 13.2 Å². The van der Waals surface area contributed by atoms with E-state index in [0.29, 0.717) is 32.6 Å². The zero-order valence-corrected chi connectivity index (χ0v) is 18.5. The van der Waals surface area contributed by atoms with Gasteiger partial charge in [-0.15, -0.1) is 11.3 Å². The Balaban J connectivity index is 1.53. The summed E-state index contributed by atoms with van der Waals surface area (Å²) >= 11 is 7.57. The Kier molecular flexibility index (Phi) is 6.54. The maximum Gasteiger partial charge on any atom is 0.439 e. The third-order valence-electron chi connectivity index (χ3n) is 4.52. The standard InChI is InChI=1S/C21H15ClF3N3O4S/c1-30-9-16-17(33-19(26-16)11-2-4-12(5-3-11)21(23,24)25)10-31-13-6-7-14(15(22)8-13)18-27-20(29)32-28-18/h2-8H,9-10H2,1H3,(H,27,28,29). The van der Waals surface area contributed by atoms with Gasteiger partial charge >= 0.3 is 11.9 Å². The molecule has 33 heavy (non-hydrogen) atoms. The smallest absolute Gasteiger partial charge is 0.439 e. The zero-order chi connectivity index (χ0) is 23.6. The number of rotatable bonds is 7. The molecule has 172 valence electrons. The summed E-state index contributed by atoms with van der Waals surface area (Å²) in [5, 5.41) is 4.45. The van der Waals surface area contributed by atoms with Gasteiger partial charge in [-0.25, -0.2) is 9.78 Å². The van der Waals surface area contributed by atoms with E-state index in [4.69, 9.17) is 21.1 Å². The van der Waals surface area contributed by atoms with Crippen LogP contribution in [0, 0.1) is 0 Å². The van der Waals surface area contributed by atoms with Crippen molar-refractivity contribution in [3.8, 4) is 27.7 Å². The van der Waals surface area contributed by atoms with Gasteiger partial charge in [-0.3, -0.25) is 9.51 Å². The fourth-order valence-corrected chi connectivity index (χ4v) is 4.19. The van der Waals surface area contributed by atoms with Crippen LogP contribution in [0.3, 0.4) is 0 Å². The minimum atomic E-state index is -4.40. The molecule has 7 nitrogen and oxygen atoms in total. The van der Waals surface area contributed by atoms with E-state index in [-0.39, 0.29) is 19.0 Å². The lowest BCUT2D eigenvalue weighted by Crippen LogP contribution is -2.03. The lowest BCUT2D eigenvalue weighted by Gasteiger charge is -2.08. The highest BCUT2D eigenvalue weighted by molar-refractivity contribution is 7.15.